The van der Waals surface area contributed by atoms with Crippen LogP contribution >= 0.6 is 12.4 Å². The van der Waals surface area contributed by atoms with Crippen molar-refractivity contribution in [3.63, 3.8) is 0 Å². The molecule has 6 rings (SSSR count). The first kappa shape index (κ1) is 30.5. The molecule has 4 aromatic rings. The summed E-state index contributed by atoms with van der Waals surface area (Å²) in [7, 11) is 1.43. The number of Topliss-reactive ketones (excluding diaryl/α,β-unsaturated/α-hetero) is 1. The van der Waals surface area contributed by atoms with Crippen molar-refractivity contribution in [2.24, 2.45) is 13.0 Å². The van der Waals surface area contributed by atoms with Crippen molar-refractivity contribution < 1.29 is 22.7 Å². The minimum absolute atomic E-state index is 0. The van der Waals surface area contributed by atoms with Crippen LogP contribution in [-0.4, -0.2) is 67.9 Å². The van der Waals surface area contributed by atoms with Crippen molar-refractivity contribution in [3.05, 3.63) is 70.8 Å². The van der Waals surface area contributed by atoms with Crippen LogP contribution in [0, 0.1) is 19.8 Å². The van der Waals surface area contributed by atoms with Gasteiger partial charge in [-0.1, -0.05) is 0 Å². The van der Waals surface area contributed by atoms with E-state index in [4.69, 9.17) is 9.72 Å². The lowest BCUT2D eigenvalue weighted by Gasteiger charge is -2.29. The molecule has 1 fully saturated rings. The summed E-state index contributed by atoms with van der Waals surface area (Å²) in [5.41, 5.74) is 1.45. The summed E-state index contributed by atoms with van der Waals surface area (Å²) < 4.78 is 51.1. The van der Waals surface area contributed by atoms with Crippen molar-refractivity contribution in [1.82, 2.24) is 34.6 Å². The van der Waals surface area contributed by atoms with Gasteiger partial charge in [-0.25, -0.2) is 15.0 Å². The van der Waals surface area contributed by atoms with Crippen LogP contribution in [0.1, 0.15) is 38.8 Å². The van der Waals surface area contributed by atoms with E-state index < -0.39 is 17.8 Å². The molecule has 3 aromatic heterocycles. The van der Waals surface area contributed by atoms with Crippen molar-refractivity contribution >= 4 is 24.1 Å². The van der Waals surface area contributed by atoms with Gasteiger partial charge >= 0.3 is 6.18 Å². The predicted molar refractivity (Wildman–Crippen MR) is 156 cm³/mol. The summed E-state index contributed by atoms with van der Waals surface area (Å²) in [5, 5.41) is 7.00. The number of piperazine rings is 1. The molecule has 228 valence electrons. The van der Waals surface area contributed by atoms with Crippen molar-refractivity contribution in [2.45, 2.75) is 33.0 Å². The number of ketones is 1. The zero-order valence-corrected chi connectivity index (χ0v) is 24.8. The third kappa shape index (κ3) is 6.23. The number of carbonyl (C=O) groups excluding carboxylic acids is 1. The summed E-state index contributed by atoms with van der Waals surface area (Å²) in [6.07, 6.45) is 0.385. The molecule has 0 radical (unpaired) electrons. The van der Waals surface area contributed by atoms with E-state index in [-0.39, 0.29) is 47.2 Å². The smallest absolute Gasteiger partial charge is 0.435 e. The number of alkyl halides is 3. The number of halogens is 4. The Morgan fingerprint density at radius 3 is 2.51 bits per heavy atom. The molecule has 5 heterocycles. The summed E-state index contributed by atoms with van der Waals surface area (Å²) >= 11 is 0. The van der Waals surface area contributed by atoms with Crippen LogP contribution in [-0.2, 0) is 26.2 Å². The van der Waals surface area contributed by atoms with Crippen LogP contribution in [0.2, 0.25) is 0 Å². The highest BCUT2D eigenvalue weighted by Gasteiger charge is 2.40. The lowest BCUT2D eigenvalue weighted by atomic mass is 9.87. The van der Waals surface area contributed by atoms with Crippen LogP contribution in [0.5, 0.6) is 5.75 Å². The molecule has 0 unspecified atom stereocenters. The van der Waals surface area contributed by atoms with Gasteiger partial charge in [0.15, 0.2) is 11.5 Å². The Bertz CT molecular complexity index is 1650. The van der Waals surface area contributed by atoms with Crippen molar-refractivity contribution in [1.29, 1.82) is 0 Å². The Balaban J connectivity index is 0.00000368. The Morgan fingerprint density at radius 1 is 1.07 bits per heavy atom. The standard InChI is InChI=1S/C29H31F3N8O2.ClH/c1-17-10-21(36-28(35-17)39-7-4-33-5-8-39)13-20-16-42-26-22(24-15-38(3)37-27(24)29(30,31)32)11-19(12-23(26)25(20)41)14-40-9-6-34-18(40)2;/h6,9-12,15,20,33H,4-5,7-8,13-14,16H2,1-3H3;1H/t20-;/m1./s1. The average molecular weight is 617 g/mol. The van der Waals surface area contributed by atoms with Gasteiger partial charge in [0.2, 0.25) is 5.95 Å². The lowest BCUT2D eigenvalue weighted by Crippen LogP contribution is -2.44. The van der Waals surface area contributed by atoms with Crippen LogP contribution in [0.15, 0.2) is 36.8 Å². The summed E-state index contributed by atoms with van der Waals surface area (Å²) in [5.74, 6) is 0.760. The van der Waals surface area contributed by atoms with E-state index in [1.807, 2.05) is 24.5 Å². The Hall–Kier alpha value is -3.97. The SMILES string of the molecule is Cc1cc(C[C@@H]2COc3c(cc(Cn4ccnc4C)cc3-c3cn(C)nc3C(F)(F)F)C2=O)nc(N2CCNCC2)n1.Cl. The number of nitrogens with one attached hydrogen (secondary N) is 1. The third-order valence-corrected chi connectivity index (χ3v) is 7.63. The van der Waals surface area contributed by atoms with Crippen LogP contribution < -0.4 is 15.0 Å². The fourth-order valence-corrected chi connectivity index (χ4v) is 5.59. The molecule has 1 atom stereocenters. The van der Waals surface area contributed by atoms with Gasteiger partial charge in [-0.2, -0.15) is 18.3 Å². The number of imidazole rings is 1. The van der Waals surface area contributed by atoms with E-state index in [0.29, 0.717) is 24.5 Å². The fraction of sp³-hybridized carbons (Fsp3) is 0.414. The molecular weight excluding hydrogens is 585 g/mol. The predicted octanol–water partition coefficient (Wildman–Crippen LogP) is 4.02. The molecule has 14 heteroatoms. The van der Waals surface area contributed by atoms with E-state index in [1.54, 1.807) is 24.5 Å². The number of ether oxygens (including phenoxy) is 1. The normalized spacial score (nSPS) is 16.9. The average Bonchev–Trinajstić information content (AvgIpc) is 3.55. The summed E-state index contributed by atoms with van der Waals surface area (Å²) in [6.45, 7) is 7.34. The monoisotopic (exact) mass is 616 g/mol. The first-order valence-corrected chi connectivity index (χ1v) is 13.8. The Kier molecular flexibility index (Phi) is 8.48. The van der Waals surface area contributed by atoms with Gasteiger partial charge in [-0.05, 0) is 37.6 Å². The number of rotatable bonds is 6. The quantitative estimate of drug-likeness (QED) is 0.347. The highest BCUT2D eigenvalue weighted by molar-refractivity contribution is 6.04. The van der Waals surface area contributed by atoms with Gasteiger partial charge in [0.05, 0.1) is 18.1 Å². The molecule has 2 aliphatic rings. The molecule has 0 aliphatic carbocycles. The maximum absolute atomic E-state index is 14.0. The Morgan fingerprint density at radius 2 is 1.81 bits per heavy atom. The highest BCUT2D eigenvalue weighted by atomic mass is 35.5. The van der Waals surface area contributed by atoms with Crippen LogP contribution in [0.25, 0.3) is 11.1 Å². The molecule has 1 saturated heterocycles. The molecule has 1 aromatic carbocycles. The minimum atomic E-state index is -4.69. The van der Waals surface area contributed by atoms with E-state index in [0.717, 1.165) is 48.1 Å². The van der Waals surface area contributed by atoms with Gasteiger partial charge in [0.25, 0.3) is 0 Å². The first-order valence-electron chi connectivity index (χ1n) is 13.8. The molecular formula is C29H32ClF3N8O2. The van der Waals surface area contributed by atoms with Crippen molar-refractivity contribution in [2.75, 3.05) is 37.7 Å². The molecule has 0 amide bonds. The van der Waals surface area contributed by atoms with E-state index in [9.17, 15) is 18.0 Å². The summed E-state index contributed by atoms with van der Waals surface area (Å²) in [4.78, 5) is 29.7. The number of hydrogen-bond donors (Lipinski definition) is 1. The number of aromatic nitrogens is 6. The molecule has 2 aliphatic heterocycles. The van der Waals surface area contributed by atoms with Crippen LogP contribution in [0.4, 0.5) is 19.1 Å². The van der Waals surface area contributed by atoms with E-state index >= 15 is 0 Å². The lowest BCUT2D eigenvalue weighted by molar-refractivity contribution is -0.140. The maximum atomic E-state index is 14.0. The fourth-order valence-electron chi connectivity index (χ4n) is 5.59. The maximum Gasteiger partial charge on any atom is 0.435 e. The van der Waals surface area contributed by atoms with Gasteiger partial charge < -0.3 is 19.5 Å². The van der Waals surface area contributed by atoms with Crippen LogP contribution in [0.3, 0.4) is 0 Å². The topological polar surface area (TPSA) is 103 Å². The second-order valence-electron chi connectivity index (χ2n) is 10.8. The second-order valence-corrected chi connectivity index (χ2v) is 10.8. The Labute approximate surface area is 252 Å². The molecule has 1 N–H and O–H groups in total. The zero-order valence-electron chi connectivity index (χ0n) is 24.0. The number of nitrogens with zero attached hydrogens (tertiary/aromatic N) is 7. The zero-order chi connectivity index (χ0) is 29.6. The number of benzene rings is 1. The largest absolute Gasteiger partial charge is 0.491 e. The minimum Gasteiger partial charge on any atom is -0.491 e. The molecule has 0 bridgehead atoms. The number of carbonyl (C=O) groups is 1. The van der Waals surface area contributed by atoms with Gasteiger partial charge in [0, 0.05) is 87.3 Å². The number of fused-ring (bicyclic) bond motifs is 1. The molecule has 0 saturated carbocycles. The number of hydrogen-bond acceptors (Lipinski definition) is 8. The summed E-state index contributed by atoms with van der Waals surface area (Å²) in [6, 6.07) is 5.23. The molecule has 0 spiro atoms. The molecule has 43 heavy (non-hydrogen) atoms. The number of anilines is 1. The van der Waals surface area contributed by atoms with E-state index in [2.05, 4.69) is 25.3 Å². The third-order valence-electron chi connectivity index (χ3n) is 7.63. The molecule has 10 nitrogen and oxygen atoms in total. The second kappa shape index (κ2) is 12.0. The van der Waals surface area contributed by atoms with Gasteiger partial charge in [0.1, 0.15) is 11.6 Å². The first-order chi connectivity index (χ1) is 20.1. The van der Waals surface area contributed by atoms with Crippen molar-refractivity contribution in [3.8, 4) is 16.9 Å². The van der Waals surface area contributed by atoms with Gasteiger partial charge in [-0.3, -0.25) is 9.48 Å². The number of aryl methyl sites for hydroxylation is 3. The van der Waals surface area contributed by atoms with Gasteiger partial charge in [-0.15, -0.1) is 12.4 Å². The van der Waals surface area contributed by atoms with E-state index in [1.165, 1.54) is 13.2 Å². The highest BCUT2D eigenvalue weighted by Crippen LogP contribution is 2.44.